The Labute approximate surface area is 134 Å². The molecule has 0 amide bonds. The highest BCUT2D eigenvalue weighted by molar-refractivity contribution is 8.17. The zero-order chi connectivity index (χ0) is 15.2. The highest BCUT2D eigenvalue weighted by Crippen LogP contribution is 2.42. The van der Waals surface area contributed by atoms with E-state index >= 15 is 0 Å². The molecular formula is C14H23N5S2. The molecule has 1 heterocycles. The molecule has 0 aliphatic heterocycles. The van der Waals surface area contributed by atoms with Gasteiger partial charge in [0.1, 0.15) is 5.01 Å². The molecule has 5 nitrogen and oxygen atoms in total. The lowest BCUT2D eigenvalue weighted by Gasteiger charge is -2.11. The third kappa shape index (κ3) is 4.71. The van der Waals surface area contributed by atoms with Crippen LogP contribution in [0, 0.1) is 5.92 Å². The number of anilines is 1. The molecule has 7 heteroatoms. The number of hydrogen-bond acceptors (Lipinski definition) is 7. The number of aromatic nitrogens is 2. The molecule has 0 saturated heterocycles. The maximum atomic E-state index is 5.66. The maximum Gasteiger partial charge on any atom is 0.205 e. The Morgan fingerprint density at radius 2 is 2.33 bits per heavy atom. The first kappa shape index (κ1) is 16.3. The summed E-state index contributed by atoms with van der Waals surface area (Å²) in [4.78, 5) is 4.32. The third-order valence-corrected chi connectivity index (χ3v) is 5.51. The second-order valence-corrected chi connectivity index (χ2v) is 7.45. The molecule has 1 aromatic rings. The minimum atomic E-state index is 0.545. The van der Waals surface area contributed by atoms with Crippen LogP contribution in [0.25, 0.3) is 0 Å². The normalized spacial score (nSPS) is 22.5. The molecule has 116 valence electrons. The van der Waals surface area contributed by atoms with Gasteiger partial charge in [0.15, 0.2) is 0 Å². The van der Waals surface area contributed by atoms with Crippen molar-refractivity contribution in [1.29, 1.82) is 0 Å². The van der Waals surface area contributed by atoms with E-state index in [0.29, 0.717) is 16.9 Å². The minimum absolute atomic E-state index is 0.545. The fraction of sp³-hybridized carbons (Fsp3) is 0.643. The fourth-order valence-electron chi connectivity index (χ4n) is 2.68. The first-order valence-corrected chi connectivity index (χ1v) is 8.90. The van der Waals surface area contributed by atoms with E-state index in [1.165, 1.54) is 29.6 Å². The van der Waals surface area contributed by atoms with Crippen LogP contribution in [0.4, 0.5) is 5.13 Å². The molecule has 3 N–H and O–H groups in total. The summed E-state index contributed by atoms with van der Waals surface area (Å²) in [5.41, 5.74) is 5.66. The van der Waals surface area contributed by atoms with Crippen molar-refractivity contribution in [2.75, 3.05) is 18.9 Å². The molecule has 2 rings (SSSR count). The first-order valence-electron chi connectivity index (χ1n) is 7.27. The smallest absolute Gasteiger partial charge is 0.205 e. The van der Waals surface area contributed by atoms with Gasteiger partial charge in [-0.1, -0.05) is 29.7 Å². The largest absolute Gasteiger partial charge is 0.394 e. The number of rotatable bonds is 6. The van der Waals surface area contributed by atoms with Crippen molar-refractivity contribution in [2.24, 2.45) is 16.6 Å². The zero-order valence-electron chi connectivity index (χ0n) is 12.6. The molecular weight excluding hydrogens is 302 g/mol. The molecule has 0 bridgehead atoms. The Hall–Kier alpha value is -1.08. The van der Waals surface area contributed by atoms with Gasteiger partial charge in [-0.3, -0.25) is 4.99 Å². The van der Waals surface area contributed by atoms with Crippen molar-refractivity contribution in [3.8, 4) is 0 Å². The summed E-state index contributed by atoms with van der Waals surface area (Å²) >= 11 is 3.18. The van der Waals surface area contributed by atoms with Gasteiger partial charge in [-0.15, -0.1) is 10.2 Å². The monoisotopic (exact) mass is 325 g/mol. The Morgan fingerprint density at radius 1 is 1.52 bits per heavy atom. The highest BCUT2D eigenvalue weighted by atomic mass is 32.2. The zero-order valence-corrected chi connectivity index (χ0v) is 14.3. The van der Waals surface area contributed by atoms with Gasteiger partial charge < -0.3 is 11.1 Å². The van der Waals surface area contributed by atoms with Gasteiger partial charge in [-0.05, 0) is 38.5 Å². The quantitative estimate of drug-likeness (QED) is 0.619. The van der Waals surface area contributed by atoms with Gasteiger partial charge in [0, 0.05) is 19.5 Å². The second kappa shape index (κ2) is 7.79. The van der Waals surface area contributed by atoms with Crippen molar-refractivity contribution in [2.45, 2.75) is 38.5 Å². The van der Waals surface area contributed by atoms with Crippen LogP contribution in [0.5, 0.6) is 0 Å². The number of nitrogens with zero attached hydrogens (tertiary/aromatic N) is 3. The van der Waals surface area contributed by atoms with E-state index in [1.807, 2.05) is 7.05 Å². The first-order chi connectivity index (χ1) is 10.1. The van der Waals surface area contributed by atoms with Crippen molar-refractivity contribution in [1.82, 2.24) is 10.2 Å². The predicted molar refractivity (Wildman–Crippen MR) is 93.0 cm³/mol. The van der Waals surface area contributed by atoms with Gasteiger partial charge in [0.2, 0.25) is 5.13 Å². The van der Waals surface area contributed by atoms with Gasteiger partial charge >= 0.3 is 0 Å². The van der Waals surface area contributed by atoms with Gasteiger partial charge in [0.05, 0.1) is 10.1 Å². The van der Waals surface area contributed by atoms with Crippen LogP contribution in [-0.4, -0.2) is 28.8 Å². The minimum Gasteiger partial charge on any atom is -0.394 e. The second-order valence-electron chi connectivity index (χ2n) is 5.24. The van der Waals surface area contributed by atoms with Gasteiger partial charge in [0.25, 0.3) is 0 Å². The summed E-state index contributed by atoms with van der Waals surface area (Å²) in [6.45, 7) is 6.69. The summed E-state index contributed by atoms with van der Waals surface area (Å²) in [6.07, 6.45) is 4.57. The Kier molecular flexibility index (Phi) is 6.05. The Balaban J connectivity index is 1.89. The van der Waals surface area contributed by atoms with Gasteiger partial charge in [-0.25, -0.2) is 0 Å². The average molecular weight is 326 g/mol. The molecule has 1 fully saturated rings. The number of hydrogen-bond donors (Lipinski definition) is 2. The molecule has 0 radical (unpaired) electrons. The summed E-state index contributed by atoms with van der Waals surface area (Å²) in [6, 6.07) is 0. The van der Waals surface area contributed by atoms with Crippen molar-refractivity contribution in [3.05, 3.63) is 16.6 Å². The van der Waals surface area contributed by atoms with E-state index in [2.05, 4.69) is 34.0 Å². The van der Waals surface area contributed by atoms with Crippen LogP contribution in [0.2, 0.25) is 0 Å². The maximum absolute atomic E-state index is 5.66. The van der Waals surface area contributed by atoms with Crippen LogP contribution in [-0.2, 0) is 0 Å². The molecule has 21 heavy (non-hydrogen) atoms. The molecule has 1 saturated carbocycles. The van der Waals surface area contributed by atoms with Crippen molar-refractivity contribution in [3.63, 3.8) is 0 Å². The molecule has 0 aromatic carbocycles. The van der Waals surface area contributed by atoms with E-state index in [9.17, 15) is 0 Å². The lowest BCUT2D eigenvalue weighted by Crippen LogP contribution is -2.05. The molecule has 2 unspecified atom stereocenters. The van der Waals surface area contributed by atoms with E-state index in [-0.39, 0.29) is 0 Å². The van der Waals surface area contributed by atoms with E-state index < -0.39 is 0 Å². The van der Waals surface area contributed by atoms with Crippen molar-refractivity contribution >= 4 is 33.3 Å². The third-order valence-electron chi connectivity index (χ3n) is 3.62. The van der Waals surface area contributed by atoms with E-state index in [1.54, 1.807) is 11.3 Å². The van der Waals surface area contributed by atoms with Gasteiger partial charge in [-0.2, -0.15) is 0 Å². The summed E-state index contributed by atoms with van der Waals surface area (Å²) in [5.74, 6) is 1.20. The molecule has 1 aromatic heterocycles. The van der Waals surface area contributed by atoms with Crippen molar-refractivity contribution < 1.29 is 0 Å². The van der Waals surface area contributed by atoms with Crippen LogP contribution in [0.3, 0.4) is 0 Å². The Bertz CT molecular complexity index is 511. The SMILES string of the molecule is C=C(N)SC(CC1CCC(c2nnc(NCC)s2)C1)=NC. The molecule has 2 atom stereocenters. The predicted octanol–water partition coefficient (Wildman–Crippen LogP) is 3.44. The number of thioether (sulfide) groups is 1. The van der Waals surface area contributed by atoms with Crippen LogP contribution in [0.1, 0.15) is 43.5 Å². The lowest BCUT2D eigenvalue weighted by atomic mass is 10.0. The summed E-state index contributed by atoms with van der Waals surface area (Å²) in [5, 5.41) is 15.5. The van der Waals surface area contributed by atoms with E-state index in [4.69, 9.17) is 5.73 Å². The molecule has 1 aliphatic rings. The molecule has 0 spiro atoms. The standard InChI is InChI=1S/C14H23N5S2/c1-4-17-14-19-18-13(21-14)11-6-5-10(7-11)8-12(16-3)20-9(2)15/h10-11H,2,4-8,15H2,1,3H3,(H,17,19). The summed E-state index contributed by atoms with van der Waals surface area (Å²) in [7, 11) is 1.82. The number of aliphatic imine (C=N–C) groups is 1. The highest BCUT2D eigenvalue weighted by Gasteiger charge is 2.29. The topological polar surface area (TPSA) is 76.2 Å². The number of nitrogens with two attached hydrogens (primary N) is 1. The van der Waals surface area contributed by atoms with Crippen LogP contribution >= 0.6 is 23.1 Å². The summed E-state index contributed by atoms with van der Waals surface area (Å²) < 4.78 is 0. The van der Waals surface area contributed by atoms with Crippen LogP contribution < -0.4 is 11.1 Å². The Morgan fingerprint density at radius 3 is 3.00 bits per heavy atom. The average Bonchev–Trinajstić information content (AvgIpc) is 3.07. The lowest BCUT2D eigenvalue weighted by molar-refractivity contribution is 0.562. The van der Waals surface area contributed by atoms with Crippen LogP contribution in [0.15, 0.2) is 16.6 Å². The fourth-order valence-corrected chi connectivity index (χ4v) is 4.36. The van der Waals surface area contributed by atoms with E-state index in [0.717, 1.165) is 29.6 Å². The number of nitrogens with one attached hydrogen (secondary N) is 1. The molecule has 1 aliphatic carbocycles.